The third kappa shape index (κ3) is 3.31. The van der Waals surface area contributed by atoms with Gasteiger partial charge in [0, 0.05) is 29.9 Å². The van der Waals surface area contributed by atoms with Gasteiger partial charge in [-0.3, -0.25) is 4.79 Å². The second-order valence-corrected chi connectivity index (χ2v) is 5.90. The molecule has 2 rings (SSSR count). The molecule has 3 N–H and O–H groups in total. The fourth-order valence-corrected chi connectivity index (χ4v) is 2.87. The number of rotatable bonds is 5. The summed E-state index contributed by atoms with van der Waals surface area (Å²) in [5.41, 5.74) is 8.09. The van der Waals surface area contributed by atoms with Crippen molar-refractivity contribution >= 4 is 11.6 Å². The first kappa shape index (κ1) is 14.9. The van der Waals surface area contributed by atoms with Crippen molar-refractivity contribution in [3.63, 3.8) is 0 Å². The number of primary amides is 1. The SMILES string of the molecule is Cc1cc(N(CC2CCCN2)C(C)C)ccc1C(N)=O. The van der Waals surface area contributed by atoms with Crippen LogP contribution < -0.4 is 16.0 Å². The molecule has 4 heteroatoms. The molecule has 1 aliphatic rings. The van der Waals surface area contributed by atoms with E-state index in [4.69, 9.17) is 5.73 Å². The van der Waals surface area contributed by atoms with Crippen LogP contribution in [0.1, 0.15) is 42.6 Å². The summed E-state index contributed by atoms with van der Waals surface area (Å²) in [4.78, 5) is 13.7. The van der Waals surface area contributed by atoms with E-state index in [0.717, 1.165) is 24.3 Å². The Hall–Kier alpha value is -1.55. The van der Waals surface area contributed by atoms with Gasteiger partial charge in [0.2, 0.25) is 5.91 Å². The average Bonchev–Trinajstić information content (AvgIpc) is 2.87. The molecule has 1 saturated heterocycles. The van der Waals surface area contributed by atoms with Gasteiger partial charge in [-0.25, -0.2) is 0 Å². The van der Waals surface area contributed by atoms with Gasteiger partial charge in [0.1, 0.15) is 0 Å². The van der Waals surface area contributed by atoms with Crippen molar-refractivity contribution in [1.82, 2.24) is 5.32 Å². The Labute approximate surface area is 121 Å². The van der Waals surface area contributed by atoms with Crippen molar-refractivity contribution in [2.45, 2.75) is 45.7 Å². The Kier molecular flexibility index (Phi) is 4.65. The number of hydrogen-bond acceptors (Lipinski definition) is 3. The molecule has 1 aromatic rings. The van der Waals surface area contributed by atoms with E-state index in [1.807, 2.05) is 19.1 Å². The third-order valence-corrected chi connectivity index (χ3v) is 4.01. The molecule has 4 nitrogen and oxygen atoms in total. The van der Waals surface area contributed by atoms with Gasteiger partial charge < -0.3 is 16.0 Å². The van der Waals surface area contributed by atoms with Crippen molar-refractivity contribution in [1.29, 1.82) is 0 Å². The zero-order valence-corrected chi connectivity index (χ0v) is 12.6. The molecule has 1 amide bonds. The quantitative estimate of drug-likeness (QED) is 0.865. The highest BCUT2D eigenvalue weighted by molar-refractivity contribution is 5.94. The number of aryl methyl sites for hydroxylation is 1. The van der Waals surface area contributed by atoms with E-state index in [2.05, 4.69) is 30.1 Å². The van der Waals surface area contributed by atoms with Gasteiger partial charge in [-0.15, -0.1) is 0 Å². The molecule has 1 fully saturated rings. The van der Waals surface area contributed by atoms with Crippen molar-refractivity contribution in [2.24, 2.45) is 5.73 Å². The molecule has 1 aromatic carbocycles. The van der Waals surface area contributed by atoms with E-state index in [1.165, 1.54) is 12.8 Å². The maximum atomic E-state index is 11.3. The minimum Gasteiger partial charge on any atom is -0.368 e. The van der Waals surface area contributed by atoms with Gasteiger partial charge in [0.15, 0.2) is 0 Å². The summed E-state index contributed by atoms with van der Waals surface area (Å²) in [5, 5.41) is 3.54. The first-order valence-electron chi connectivity index (χ1n) is 7.39. The van der Waals surface area contributed by atoms with E-state index < -0.39 is 0 Å². The molecular formula is C16H25N3O. The van der Waals surface area contributed by atoms with Crippen molar-refractivity contribution in [3.8, 4) is 0 Å². The van der Waals surface area contributed by atoms with Crippen molar-refractivity contribution < 1.29 is 4.79 Å². The highest BCUT2D eigenvalue weighted by Crippen LogP contribution is 2.22. The first-order chi connectivity index (χ1) is 9.49. The topological polar surface area (TPSA) is 58.4 Å². The lowest BCUT2D eigenvalue weighted by molar-refractivity contribution is 0.1000. The Morgan fingerprint density at radius 2 is 2.25 bits per heavy atom. The lowest BCUT2D eigenvalue weighted by atomic mass is 10.1. The molecule has 0 aliphatic carbocycles. The molecule has 0 saturated carbocycles. The van der Waals surface area contributed by atoms with Crippen LogP contribution in [0.5, 0.6) is 0 Å². The maximum absolute atomic E-state index is 11.3. The molecule has 1 atom stereocenters. The second-order valence-electron chi connectivity index (χ2n) is 5.90. The second kappa shape index (κ2) is 6.27. The molecule has 0 radical (unpaired) electrons. The molecule has 0 spiro atoms. The summed E-state index contributed by atoms with van der Waals surface area (Å²) in [6, 6.07) is 6.89. The highest BCUT2D eigenvalue weighted by Gasteiger charge is 2.20. The van der Waals surface area contributed by atoms with Gasteiger partial charge in [0.05, 0.1) is 0 Å². The van der Waals surface area contributed by atoms with Crippen LogP contribution in [0.4, 0.5) is 5.69 Å². The van der Waals surface area contributed by atoms with Gasteiger partial charge in [-0.2, -0.15) is 0 Å². The number of anilines is 1. The van der Waals surface area contributed by atoms with Gasteiger partial charge in [-0.1, -0.05) is 0 Å². The number of carbonyl (C=O) groups excluding carboxylic acids is 1. The van der Waals surface area contributed by atoms with E-state index in [0.29, 0.717) is 17.6 Å². The lowest BCUT2D eigenvalue weighted by Crippen LogP contribution is -2.41. The Morgan fingerprint density at radius 3 is 2.75 bits per heavy atom. The molecule has 1 aliphatic heterocycles. The zero-order valence-electron chi connectivity index (χ0n) is 12.6. The molecule has 1 unspecified atom stereocenters. The molecule has 20 heavy (non-hydrogen) atoms. The molecule has 0 bridgehead atoms. The third-order valence-electron chi connectivity index (χ3n) is 4.01. The fourth-order valence-electron chi connectivity index (χ4n) is 2.87. The number of nitrogens with two attached hydrogens (primary N) is 1. The van der Waals surface area contributed by atoms with Crippen LogP contribution in [0.15, 0.2) is 18.2 Å². The minimum absolute atomic E-state index is 0.359. The number of nitrogens with zero attached hydrogens (tertiary/aromatic N) is 1. The predicted octanol–water partition coefficient (Wildman–Crippen LogP) is 2.06. The molecule has 1 heterocycles. The highest BCUT2D eigenvalue weighted by atomic mass is 16.1. The molecular weight excluding hydrogens is 250 g/mol. The molecule has 0 aromatic heterocycles. The van der Waals surface area contributed by atoms with Gasteiger partial charge >= 0.3 is 0 Å². The van der Waals surface area contributed by atoms with Crippen LogP contribution in [-0.2, 0) is 0 Å². The summed E-state index contributed by atoms with van der Waals surface area (Å²) >= 11 is 0. The largest absolute Gasteiger partial charge is 0.368 e. The number of amides is 1. The Bertz CT molecular complexity index is 479. The fraction of sp³-hybridized carbons (Fsp3) is 0.562. The van der Waals surface area contributed by atoms with E-state index in [9.17, 15) is 4.79 Å². The first-order valence-corrected chi connectivity index (χ1v) is 7.39. The van der Waals surface area contributed by atoms with Crippen LogP contribution in [0, 0.1) is 6.92 Å². The standard InChI is InChI=1S/C16H25N3O/c1-11(2)19(10-13-5-4-8-18-13)14-6-7-15(16(17)20)12(3)9-14/h6-7,9,11,13,18H,4-5,8,10H2,1-3H3,(H2,17,20). The van der Waals surface area contributed by atoms with Crippen molar-refractivity contribution in [3.05, 3.63) is 29.3 Å². The number of hydrogen-bond donors (Lipinski definition) is 2. The van der Waals surface area contributed by atoms with Gasteiger partial charge in [-0.05, 0) is 63.9 Å². The minimum atomic E-state index is -0.359. The van der Waals surface area contributed by atoms with Gasteiger partial charge in [0.25, 0.3) is 0 Å². The Balaban J connectivity index is 2.20. The summed E-state index contributed by atoms with van der Waals surface area (Å²) in [6.45, 7) is 8.47. The van der Waals surface area contributed by atoms with Crippen LogP contribution >= 0.6 is 0 Å². The normalized spacial score (nSPS) is 18.5. The lowest BCUT2D eigenvalue weighted by Gasteiger charge is -2.32. The van der Waals surface area contributed by atoms with E-state index >= 15 is 0 Å². The number of benzene rings is 1. The van der Waals surface area contributed by atoms with Crippen LogP contribution in [0.25, 0.3) is 0 Å². The Morgan fingerprint density at radius 1 is 1.50 bits per heavy atom. The summed E-state index contributed by atoms with van der Waals surface area (Å²) in [6.07, 6.45) is 2.50. The smallest absolute Gasteiger partial charge is 0.248 e. The van der Waals surface area contributed by atoms with Crippen LogP contribution in [0.3, 0.4) is 0 Å². The summed E-state index contributed by atoms with van der Waals surface area (Å²) in [5.74, 6) is -0.359. The zero-order chi connectivity index (χ0) is 14.7. The van der Waals surface area contributed by atoms with E-state index in [-0.39, 0.29) is 5.91 Å². The van der Waals surface area contributed by atoms with E-state index in [1.54, 1.807) is 0 Å². The molecule has 110 valence electrons. The number of carbonyl (C=O) groups is 1. The summed E-state index contributed by atoms with van der Waals surface area (Å²) < 4.78 is 0. The number of nitrogens with one attached hydrogen (secondary N) is 1. The summed E-state index contributed by atoms with van der Waals surface area (Å²) in [7, 11) is 0. The predicted molar refractivity (Wildman–Crippen MR) is 83.2 cm³/mol. The monoisotopic (exact) mass is 275 g/mol. The van der Waals surface area contributed by atoms with Crippen molar-refractivity contribution in [2.75, 3.05) is 18.0 Å². The average molecular weight is 275 g/mol. The van der Waals surface area contributed by atoms with Crippen LogP contribution in [0.2, 0.25) is 0 Å². The maximum Gasteiger partial charge on any atom is 0.248 e. The van der Waals surface area contributed by atoms with Crippen LogP contribution in [-0.4, -0.2) is 31.1 Å².